The zero-order valence-electron chi connectivity index (χ0n) is 30.3. The summed E-state index contributed by atoms with van der Waals surface area (Å²) < 4.78 is 19.5. The highest BCUT2D eigenvalue weighted by molar-refractivity contribution is 6.58. The Kier molecular flexibility index (Phi) is 9.54. The fourth-order valence-electron chi connectivity index (χ4n) is 8.55. The lowest BCUT2D eigenvalue weighted by Crippen LogP contribution is -2.60. The first kappa shape index (κ1) is 37.5. The number of aliphatic hydroxyl groups excluding tert-OH is 1. The second kappa shape index (κ2) is 14.3. The fourth-order valence-corrected chi connectivity index (χ4v) is 9.48. The first-order chi connectivity index (χ1) is 26.9. The summed E-state index contributed by atoms with van der Waals surface area (Å²) in [7, 11) is 3.90. The molecule has 2 heterocycles. The molecular formula is C42H36Cl2FN5O6. The second-order valence-electron chi connectivity index (χ2n) is 14.5. The number of carbonyl (C=O) groups is 4. The molecule has 3 fully saturated rings. The number of imide groups is 2. The molecule has 2 aliphatic carbocycles. The van der Waals surface area contributed by atoms with Crippen molar-refractivity contribution < 1.29 is 33.4 Å². The number of azo groups is 1. The van der Waals surface area contributed by atoms with Gasteiger partial charge < -0.3 is 14.7 Å². The van der Waals surface area contributed by atoms with Gasteiger partial charge in [0, 0.05) is 25.7 Å². The summed E-state index contributed by atoms with van der Waals surface area (Å²) in [6.07, 6.45) is 1.84. The number of carbonyl (C=O) groups excluding carboxylic acids is 4. The number of amides is 4. The quantitative estimate of drug-likeness (QED) is 0.0806. The van der Waals surface area contributed by atoms with Gasteiger partial charge >= 0.3 is 0 Å². The van der Waals surface area contributed by atoms with Crippen LogP contribution >= 0.6 is 23.2 Å². The third-order valence-electron chi connectivity index (χ3n) is 11.2. The molecule has 0 unspecified atom stereocenters. The molecular weight excluding hydrogens is 760 g/mol. The normalized spacial score (nSPS) is 27.0. The Hall–Kier alpha value is -5.43. The van der Waals surface area contributed by atoms with Crippen molar-refractivity contribution in [3.8, 4) is 5.75 Å². The molecule has 4 aromatic carbocycles. The number of rotatable bonds is 9. The van der Waals surface area contributed by atoms with E-state index in [0.29, 0.717) is 33.9 Å². The van der Waals surface area contributed by atoms with E-state index in [1.807, 2.05) is 49.3 Å². The van der Waals surface area contributed by atoms with Gasteiger partial charge in [-0.2, -0.15) is 10.2 Å². The first-order valence-electron chi connectivity index (χ1n) is 18.1. The van der Waals surface area contributed by atoms with Gasteiger partial charge in [-0.25, -0.2) is 9.29 Å². The molecule has 6 atom stereocenters. The van der Waals surface area contributed by atoms with E-state index in [-0.39, 0.29) is 37.6 Å². The number of allylic oxidation sites excluding steroid dienone is 2. The monoisotopic (exact) mass is 795 g/mol. The molecule has 1 saturated carbocycles. The first-order valence-corrected chi connectivity index (χ1v) is 18.9. The lowest BCUT2D eigenvalue weighted by molar-refractivity contribution is -0.125. The van der Waals surface area contributed by atoms with Gasteiger partial charge in [-0.1, -0.05) is 23.8 Å². The zero-order valence-corrected chi connectivity index (χ0v) is 31.8. The van der Waals surface area contributed by atoms with E-state index in [1.54, 1.807) is 48.5 Å². The molecule has 2 aliphatic heterocycles. The number of alkyl halides is 2. The number of halogens is 3. The predicted octanol–water partition coefficient (Wildman–Crippen LogP) is 7.45. The number of benzene rings is 4. The molecule has 4 aliphatic rings. The highest BCUT2D eigenvalue weighted by Crippen LogP contribution is 2.66. The molecule has 1 N–H and O–H groups in total. The van der Waals surface area contributed by atoms with Crippen LogP contribution in [-0.4, -0.2) is 65.8 Å². The Labute approximate surface area is 332 Å². The number of nitrogens with zero attached hydrogens (tertiary/aromatic N) is 5. The Morgan fingerprint density at radius 3 is 1.98 bits per heavy atom. The van der Waals surface area contributed by atoms with Crippen molar-refractivity contribution in [3.05, 3.63) is 120 Å². The van der Waals surface area contributed by atoms with Crippen LogP contribution in [0.3, 0.4) is 0 Å². The third-order valence-corrected chi connectivity index (χ3v) is 12.6. The molecule has 0 aromatic heterocycles. The van der Waals surface area contributed by atoms with Gasteiger partial charge in [0.1, 0.15) is 18.2 Å². The maximum absolute atomic E-state index is 14.6. The van der Waals surface area contributed by atoms with Crippen molar-refractivity contribution in [2.45, 2.75) is 28.5 Å². The lowest BCUT2D eigenvalue weighted by Gasteiger charge is -2.50. The molecule has 4 aromatic rings. The van der Waals surface area contributed by atoms with Crippen LogP contribution in [0, 0.1) is 23.6 Å². The van der Waals surface area contributed by atoms with Gasteiger partial charge in [-0.05, 0) is 109 Å². The summed E-state index contributed by atoms with van der Waals surface area (Å²) in [4.78, 5) is 57.6. The average molecular weight is 797 g/mol. The highest BCUT2D eigenvalue weighted by atomic mass is 35.5. The van der Waals surface area contributed by atoms with Gasteiger partial charge in [0.15, 0.2) is 9.75 Å². The third kappa shape index (κ3) is 5.89. The second-order valence-corrected chi connectivity index (χ2v) is 15.8. The van der Waals surface area contributed by atoms with Crippen LogP contribution in [-0.2, 0) is 19.2 Å². The minimum absolute atomic E-state index is 0.0636. The molecule has 56 heavy (non-hydrogen) atoms. The molecule has 11 nitrogen and oxygen atoms in total. The van der Waals surface area contributed by atoms with Gasteiger partial charge in [-0.3, -0.25) is 24.1 Å². The van der Waals surface area contributed by atoms with E-state index < -0.39 is 57.0 Å². The highest BCUT2D eigenvalue weighted by Gasteiger charge is 2.76. The summed E-state index contributed by atoms with van der Waals surface area (Å²) in [5.41, 5.74) is 3.82. The van der Waals surface area contributed by atoms with Crippen molar-refractivity contribution >= 4 is 75.3 Å². The van der Waals surface area contributed by atoms with Crippen LogP contribution in [0.5, 0.6) is 5.75 Å². The van der Waals surface area contributed by atoms with E-state index in [9.17, 15) is 28.7 Å². The van der Waals surface area contributed by atoms with Crippen LogP contribution < -0.4 is 19.4 Å². The van der Waals surface area contributed by atoms with E-state index in [4.69, 9.17) is 27.9 Å². The van der Waals surface area contributed by atoms with Crippen molar-refractivity contribution in [1.29, 1.82) is 0 Å². The molecule has 8 rings (SSSR count). The number of aliphatic hydroxyl groups is 1. The van der Waals surface area contributed by atoms with Crippen LogP contribution in [0.1, 0.15) is 24.3 Å². The van der Waals surface area contributed by atoms with E-state index in [2.05, 4.69) is 10.2 Å². The molecule has 4 amide bonds. The van der Waals surface area contributed by atoms with E-state index >= 15 is 0 Å². The van der Waals surface area contributed by atoms with E-state index in [0.717, 1.165) is 22.7 Å². The minimum Gasteiger partial charge on any atom is -0.491 e. The van der Waals surface area contributed by atoms with Crippen molar-refractivity contribution in [2.24, 2.45) is 28.0 Å². The Balaban J connectivity index is 1.14. The maximum Gasteiger partial charge on any atom is 0.258 e. The largest absolute Gasteiger partial charge is 0.491 e. The Bertz CT molecular complexity index is 2290. The molecule has 286 valence electrons. The Morgan fingerprint density at radius 1 is 0.786 bits per heavy atom. The van der Waals surface area contributed by atoms with Crippen LogP contribution in [0.2, 0.25) is 0 Å². The van der Waals surface area contributed by atoms with Crippen LogP contribution in [0.15, 0.2) is 119 Å². The lowest BCUT2D eigenvalue weighted by atomic mass is 9.56. The number of hydrogen-bond acceptors (Lipinski definition) is 9. The Morgan fingerprint density at radius 2 is 1.38 bits per heavy atom. The van der Waals surface area contributed by atoms with Crippen LogP contribution in [0.4, 0.5) is 32.8 Å². The number of hydrogen-bond donors (Lipinski definition) is 1. The summed E-state index contributed by atoms with van der Waals surface area (Å²) in [5, 5.41) is 17.9. The minimum atomic E-state index is -2.06. The average Bonchev–Trinajstić information content (AvgIpc) is 3.54. The van der Waals surface area contributed by atoms with Crippen molar-refractivity contribution in [2.75, 3.05) is 42.0 Å². The number of fused-ring (bicyclic) bond motifs is 4. The molecule has 0 radical (unpaired) electrons. The van der Waals surface area contributed by atoms with Gasteiger partial charge in [0.2, 0.25) is 11.8 Å². The molecule has 0 spiro atoms. The van der Waals surface area contributed by atoms with Crippen molar-refractivity contribution in [3.63, 3.8) is 0 Å². The zero-order chi connectivity index (χ0) is 39.5. The molecule has 14 heteroatoms. The topological polar surface area (TPSA) is 132 Å². The van der Waals surface area contributed by atoms with Crippen LogP contribution in [0.25, 0.3) is 0 Å². The molecule has 0 bridgehead atoms. The predicted molar refractivity (Wildman–Crippen MR) is 209 cm³/mol. The maximum atomic E-state index is 14.6. The summed E-state index contributed by atoms with van der Waals surface area (Å²) in [6.45, 7) is -0.129. The number of anilines is 3. The van der Waals surface area contributed by atoms with Crippen molar-refractivity contribution in [1.82, 2.24) is 0 Å². The smallest absolute Gasteiger partial charge is 0.258 e. The van der Waals surface area contributed by atoms with E-state index in [1.165, 1.54) is 17.0 Å². The summed E-state index contributed by atoms with van der Waals surface area (Å²) in [6, 6.07) is 25.8. The van der Waals surface area contributed by atoms with Gasteiger partial charge in [0.25, 0.3) is 11.8 Å². The van der Waals surface area contributed by atoms with Gasteiger partial charge in [0.05, 0.1) is 41.2 Å². The molecule has 2 saturated heterocycles. The summed E-state index contributed by atoms with van der Waals surface area (Å²) in [5.74, 6) is -5.93. The fraction of sp³-hybridized carbons (Fsp3) is 0.286. The standard InChI is InChI=1S/C42H36Cl2FN5O6/c1-48(2)28-13-7-26(8-14-28)46-47-27-9-15-29(16-10-27)49-37(52)33-20-19-32-34(35(33)38(49)53)23-41(43)39(54)50(30-11-5-25(45)6-12-30)40(55)42(41,44)36(32)24-3-17-31(18-4-24)56-22-21-51/h3-19,33-36,51H,20-23H2,1-2H3/t33-,34+,35-,36-,41+,42-/m0/s1. The van der Waals surface area contributed by atoms with Gasteiger partial charge in [-0.15, -0.1) is 23.2 Å². The SMILES string of the molecule is CN(C)c1ccc(N=Nc2ccc(N3C(=O)[C@H]4[C@H](CC=C5[C@H]4C[C@@]4(Cl)C(=O)N(c6ccc(F)cc6)C(=O)[C@@]4(Cl)[C@H]5c4ccc(OCCO)cc4)C3=O)cc2)cc1. The summed E-state index contributed by atoms with van der Waals surface area (Å²) >= 11 is 14.9. The number of ether oxygens (including phenoxy) is 1.